The van der Waals surface area contributed by atoms with Gasteiger partial charge in [0.1, 0.15) is 6.04 Å². The Bertz CT molecular complexity index is 1130. The summed E-state index contributed by atoms with van der Waals surface area (Å²) in [5.41, 5.74) is 1.83. The zero-order valence-electron chi connectivity index (χ0n) is 16.6. The van der Waals surface area contributed by atoms with Crippen LogP contribution in [0.2, 0.25) is 0 Å². The van der Waals surface area contributed by atoms with Crippen LogP contribution in [0.1, 0.15) is 31.2 Å². The first-order valence-electron chi connectivity index (χ1n) is 9.69. The highest BCUT2D eigenvalue weighted by Crippen LogP contribution is 2.28. The molecule has 8 nitrogen and oxygen atoms in total. The van der Waals surface area contributed by atoms with E-state index in [0.29, 0.717) is 24.2 Å². The third-order valence-corrected chi connectivity index (χ3v) is 5.17. The van der Waals surface area contributed by atoms with Gasteiger partial charge in [0.25, 0.3) is 11.6 Å². The van der Waals surface area contributed by atoms with Crippen molar-refractivity contribution in [2.75, 3.05) is 6.54 Å². The quantitative estimate of drug-likeness (QED) is 0.669. The first kappa shape index (κ1) is 20.8. The first-order valence-corrected chi connectivity index (χ1v) is 9.69. The number of rotatable bonds is 5. The molecule has 3 aromatic rings. The molecule has 162 valence electrons. The van der Waals surface area contributed by atoms with Crippen LogP contribution in [0.5, 0.6) is 0 Å². The number of alkyl halides is 3. The summed E-state index contributed by atoms with van der Waals surface area (Å²) in [4.78, 5) is 33.0. The molecule has 0 saturated carbocycles. The molecule has 0 aliphatic carbocycles. The van der Waals surface area contributed by atoms with Gasteiger partial charge in [-0.2, -0.15) is 22.7 Å². The topological polar surface area (TPSA) is 92.5 Å². The van der Waals surface area contributed by atoms with E-state index in [9.17, 15) is 22.8 Å². The van der Waals surface area contributed by atoms with E-state index in [0.717, 1.165) is 16.5 Å². The maximum atomic E-state index is 12.9. The number of halogens is 3. The molecule has 1 N–H and O–H groups in total. The number of hydrogen-bond acceptors (Lipinski definition) is 5. The average Bonchev–Trinajstić information content (AvgIpc) is 3.37. The maximum Gasteiger partial charge on any atom is 0.453 e. The fourth-order valence-electron chi connectivity index (χ4n) is 3.48. The molecule has 1 aliphatic rings. The largest absolute Gasteiger partial charge is 0.453 e. The van der Waals surface area contributed by atoms with Gasteiger partial charge in [0.05, 0.1) is 5.69 Å². The van der Waals surface area contributed by atoms with Gasteiger partial charge >= 0.3 is 6.18 Å². The second-order valence-electron chi connectivity index (χ2n) is 7.26. The lowest BCUT2D eigenvalue weighted by molar-refractivity contribution is -0.144. The van der Waals surface area contributed by atoms with Crippen LogP contribution in [-0.2, 0) is 22.3 Å². The summed E-state index contributed by atoms with van der Waals surface area (Å²) in [6.07, 6.45) is -2.06. The van der Waals surface area contributed by atoms with Crippen LogP contribution in [-0.4, -0.2) is 48.9 Å². The van der Waals surface area contributed by atoms with E-state index in [4.69, 9.17) is 0 Å². The van der Waals surface area contributed by atoms with Gasteiger partial charge in [0.2, 0.25) is 11.8 Å². The number of fused-ring (bicyclic) bond motifs is 1. The van der Waals surface area contributed by atoms with Crippen molar-refractivity contribution in [1.29, 1.82) is 0 Å². The molecule has 0 radical (unpaired) electrons. The van der Waals surface area contributed by atoms with Gasteiger partial charge in [-0.1, -0.05) is 24.3 Å². The molecule has 3 heterocycles. The minimum Gasteiger partial charge on any atom is -0.350 e. The molecule has 1 aliphatic heterocycles. The third kappa shape index (κ3) is 4.21. The summed E-state index contributed by atoms with van der Waals surface area (Å²) in [7, 11) is 0. The van der Waals surface area contributed by atoms with E-state index < -0.39 is 18.0 Å². The van der Waals surface area contributed by atoms with Crippen molar-refractivity contribution in [3.63, 3.8) is 0 Å². The van der Waals surface area contributed by atoms with Crippen molar-refractivity contribution in [2.24, 2.45) is 0 Å². The Hall–Kier alpha value is -3.50. The van der Waals surface area contributed by atoms with Crippen LogP contribution >= 0.6 is 0 Å². The summed E-state index contributed by atoms with van der Waals surface area (Å²) >= 11 is 0. The van der Waals surface area contributed by atoms with Gasteiger partial charge in [0.15, 0.2) is 0 Å². The number of amides is 2. The predicted octanol–water partition coefficient (Wildman–Crippen LogP) is 2.44. The zero-order chi connectivity index (χ0) is 22.2. The SMILES string of the molecule is CC(C(=O)NCc1ccc(-c2ccnc3nc(C(F)(F)F)nn23)cc1)N1CCCC1=O. The molecule has 1 atom stereocenters. The normalized spacial score (nSPS) is 15.5. The molecule has 31 heavy (non-hydrogen) atoms. The summed E-state index contributed by atoms with van der Waals surface area (Å²) in [6.45, 7) is 2.54. The molecule has 11 heteroatoms. The van der Waals surface area contributed by atoms with E-state index >= 15 is 0 Å². The van der Waals surface area contributed by atoms with Crippen molar-refractivity contribution >= 4 is 17.6 Å². The molecule has 1 saturated heterocycles. The summed E-state index contributed by atoms with van der Waals surface area (Å²) in [6, 6.07) is 7.98. The Morgan fingerprint density at radius 1 is 1.23 bits per heavy atom. The average molecular weight is 432 g/mol. The molecule has 2 amide bonds. The van der Waals surface area contributed by atoms with Crippen LogP contribution in [0.25, 0.3) is 17.0 Å². The standard InChI is InChI=1S/C20H19F3N6O2/c1-12(28-10-2-3-16(28)30)17(31)25-11-13-4-6-14(7-5-13)15-8-9-24-19-26-18(20(21,22)23)27-29(15)19/h4-9,12H,2-3,10-11H2,1H3,(H,25,31). The molecule has 1 unspecified atom stereocenters. The molecule has 0 spiro atoms. The van der Waals surface area contributed by atoms with Gasteiger partial charge in [-0.25, -0.2) is 4.98 Å². The minimum atomic E-state index is -4.66. The Balaban J connectivity index is 1.47. The minimum absolute atomic E-state index is 0.0162. The lowest BCUT2D eigenvalue weighted by Crippen LogP contribution is -2.45. The van der Waals surface area contributed by atoms with E-state index in [1.807, 2.05) is 0 Å². The molecule has 1 fully saturated rings. The van der Waals surface area contributed by atoms with Crippen molar-refractivity contribution in [3.05, 3.63) is 47.9 Å². The first-order chi connectivity index (χ1) is 14.7. The Kier molecular flexibility index (Phi) is 5.34. The molecular weight excluding hydrogens is 413 g/mol. The van der Waals surface area contributed by atoms with Crippen LogP contribution < -0.4 is 5.32 Å². The van der Waals surface area contributed by atoms with Gasteiger partial charge in [-0.3, -0.25) is 9.59 Å². The lowest BCUT2D eigenvalue weighted by Gasteiger charge is -2.23. The number of carbonyl (C=O) groups excluding carboxylic acids is 2. The second kappa shape index (κ2) is 7.97. The van der Waals surface area contributed by atoms with Gasteiger partial charge in [-0.15, -0.1) is 5.10 Å². The Morgan fingerprint density at radius 3 is 2.61 bits per heavy atom. The summed E-state index contributed by atoms with van der Waals surface area (Å²) in [5, 5.41) is 6.34. The molecule has 4 rings (SSSR count). The van der Waals surface area contributed by atoms with Crippen LogP contribution in [0, 0.1) is 0 Å². The van der Waals surface area contributed by atoms with E-state index in [-0.39, 0.29) is 24.1 Å². The number of likely N-dealkylation sites (tertiary alicyclic amines) is 1. The Labute approximate surface area is 175 Å². The fourth-order valence-corrected chi connectivity index (χ4v) is 3.48. The number of aromatic nitrogens is 4. The van der Waals surface area contributed by atoms with E-state index in [1.54, 1.807) is 42.2 Å². The van der Waals surface area contributed by atoms with Crippen LogP contribution in [0.4, 0.5) is 13.2 Å². The Morgan fingerprint density at radius 2 is 1.97 bits per heavy atom. The molecular formula is C20H19F3N6O2. The highest BCUT2D eigenvalue weighted by atomic mass is 19.4. The van der Waals surface area contributed by atoms with Crippen LogP contribution in [0.15, 0.2) is 36.5 Å². The van der Waals surface area contributed by atoms with Gasteiger partial charge in [-0.05, 0) is 25.0 Å². The third-order valence-electron chi connectivity index (χ3n) is 5.17. The summed E-state index contributed by atoms with van der Waals surface area (Å²) < 4.78 is 39.8. The zero-order valence-corrected chi connectivity index (χ0v) is 16.6. The molecule has 2 aromatic heterocycles. The highest BCUT2D eigenvalue weighted by Gasteiger charge is 2.36. The molecule has 0 bridgehead atoms. The number of benzene rings is 1. The van der Waals surface area contributed by atoms with E-state index in [1.165, 1.54) is 6.20 Å². The van der Waals surface area contributed by atoms with Crippen molar-refractivity contribution < 1.29 is 22.8 Å². The van der Waals surface area contributed by atoms with Gasteiger partial charge in [0, 0.05) is 31.3 Å². The van der Waals surface area contributed by atoms with E-state index in [2.05, 4.69) is 20.4 Å². The molecule has 1 aromatic carbocycles. The van der Waals surface area contributed by atoms with Crippen molar-refractivity contribution in [2.45, 2.75) is 38.5 Å². The second-order valence-corrected chi connectivity index (χ2v) is 7.26. The number of hydrogen-bond donors (Lipinski definition) is 1. The summed E-state index contributed by atoms with van der Waals surface area (Å²) in [5.74, 6) is -1.65. The highest BCUT2D eigenvalue weighted by molar-refractivity contribution is 5.88. The van der Waals surface area contributed by atoms with Gasteiger partial charge < -0.3 is 10.2 Å². The smallest absolute Gasteiger partial charge is 0.350 e. The van der Waals surface area contributed by atoms with Crippen molar-refractivity contribution in [3.8, 4) is 11.3 Å². The van der Waals surface area contributed by atoms with Crippen molar-refractivity contribution in [1.82, 2.24) is 29.8 Å². The fraction of sp³-hybridized carbons (Fsp3) is 0.350. The number of nitrogens with one attached hydrogen (secondary N) is 1. The maximum absolute atomic E-state index is 12.9. The monoisotopic (exact) mass is 432 g/mol. The number of nitrogens with zero attached hydrogens (tertiary/aromatic N) is 5. The predicted molar refractivity (Wildman–Crippen MR) is 103 cm³/mol. The lowest BCUT2D eigenvalue weighted by atomic mass is 10.1. The number of carbonyl (C=O) groups is 2. The van der Waals surface area contributed by atoms with Crippen LogP contribution in [0.3, 0.4) is 0 Å².